The normalized spacial score (nSPS) is 15.9. The number of aliphatic imine (C=N–C) groups is 1. The number of pyridine rings is 1. The fraction of sp³-hybridized carbons (Fsp3) is 0.444. The van der Waals surface area contributed by atoms with E-state index in [-0.39, 0.29) is 0 Å². The van der Waals surface area contributed by atoms with E-state index in [1.807, 2.05) is 23.5 Å². The summed E-state index contributed by atoms with van der Waals surface area (Å²) in [6, 6.07) is 8.67. The number of methoxy groups -OCH3 is 1. The molecule has 7 heteroatoms. The van der Waals surface area contributed by atoms with Crippen LogP contribution in [0.15, 0.2) is 40.8 Å². The lowest BCUT2D eigenvalue weighted by Gasteiger charge is -2.33. The molecule has 0 atom stereocenters. The standard InChI is InChI=1S/C18H25N5OS/c1-19-18(21-13-14-5-3-9-20-17(14)24-2)22-15-7-10-23(11-8-15)16-6-4-12-25-16/h3-6,9,12,15H,7-8,10-11,13H2,1-2H3,(H2,19,21,22). The molecule has 6 nitrogen and oxygen atoms in total. The van der Waals surface area contributed by atoms with Gasteiger partial charge in [0.05, 0.1) is 12.1 Å². The maximum Gasteiger partial charge on any atom is 0.218 e. The number of nitrogens with one attached hydrogen (secondary N) is 2. The molecule has 3 heterocycles. The Kier molecular flexibility index (Phi) is 6.11. The van der Waals surface area contributed by atoms with Gasteiger partial charge in [-0.25, -0.2) is 4.98 Å². The summed E-state index contributed by atoms with van der Waals surface area (Å²) in [5, 5.41) is 10.4. The Hall–Kier alpha value is -2.28. The summed E-state index contributed by atoms with van der Waals surface area (Å²) in [7, 11) is 3.44. The topological polar surface area (TPSA) is 61.8 Å². The van der Waals surface area contributed by atoms with Crippen LogP contribution in [0.25, 0.3) is 0 Å². The number of anilines is 1. The van der Waals surface area contributed by atoms with E-state index in [1.54, 1.807) is 20.4 Å². The van der Waals surface area contributed by atoms with Gasteiger partial charge in [0, 0.05) is 44.5 Å². The van der Waals surface area contributed by atoms with Crippen molar-refractivity contribution in [3.63, 3.8) is 0 Å². The lowest BCUT2D eigenvalue weighted by atomic mass is 10.1. The Labute approximate surface area is 152 Å². The van der Waals surface area contributed by atoms with Crippen LogP contribution < -0.4 is 20.3 Å². The molecule has 2 aromatic heterocycles. The van der Waals surface area contributed by atoms with Crippen molar-refractivity contribution >= 4 is 22.3 Å². The monoisotopic (exact) mass is 359 g/mol. The van der Waals surface area contributed by atoms with Gasteiger partial charge in [-0.05, 0) is 36.4 Å². The third kappa shape index (κ3) is 4.63. The number of rotatable bonds is 5. The van der Waals surface area contributed by atoms with Crippen LogP contribution in [0.4, 0.5) is 5.00 Å². The third-order valence-electron chi connectivity index (χ3n) is 4.37. The number of thiophene rings is 1. The van der Waals surface area contributed by atoms with E-state index in [4.69, 9.17) is 4.74 Å². The SMILES string of the molecule is CN=C(NCc1cccnc1OC)NC1CCN(c2cccs2)CC1. The molecule has 134 valence electrons. The minimum atomic E-state index is 0.443. The Morgan fingerprint density at radius 2 is 2.20 bits per heavy atom. The maximum absolute atomic E-state index is 5.29. The maximum atomic E-state index is 5.29. The average Bonchev–Trinajstić information content (AvgIpc) is 3.20. The molecule has 25 heavy (non-hydrogen) atoms. The van der Waals surface area contributed by atoms with Crippen LogP contribution in [0, 0.1) is 0 Å². The molecule has 3 rings (SSSR count). The molecule has 0 saturated carbocycles. The molecular formula is C18H25N5OS. The number of ether oxygens (including phenoxy) is 1. The molecule has 0 bridgehead atoms. The zero-order valence-corrected chi connectivity index (χ0v) is 15.6. The van der Waals surface area contributed by atoms with Gasteiger partial charge in [0.1, 0.15) is 0 Å². The van der Waals surface area contributed by atoms with E-state index < -0.39 is 0 Å². The Morgan fingerprint density at radius 3 is 2.88 bits per heavy atom. The lowest BCUT2D eigenvalue weighted by molar-refractivity contribution is 0.391. The fourth-order valence-corrected chi connectivity index (χ4v) is 3.79. The molecule has 0 radical (unpaired) electrons. The Bertz CT molecular complexity index is 681. The van der Waals surface area contributed by atoms with E-state index in [1.165, 1.54) is 5.00 Å². The predicted octanol–water partition coefficient (Wildman–Crippen LogP) is 2.49. The first-order valence-electron chi connectivity index (χ1n) is 8.53. The number of guanidine groups is 1. The molecule has 0 amide bonds. The number of nitrogens with zero attached hydrogens (tertiary/aromatic N) is 3. The average molecular weight is 359 g/mol. The van der Waals surface area contributed by atoms with Crippen LogP contribution >= 0.6 is 11.3 Å². The van der Waals surface area contributed by atoms with E-state index in [0.717, 1.165) is 37.5 Å². The first-order valence-corrected chi connectivity index (χ1v) is 9.41. The van der Waals surface area contributed by atoms with Crippen molar-refractivity contribution in [2.24, 2.45) is 4.99 Å². The zero-order chi connectivity index (χ0) is 17.5. The van der Waals surface area contributed by atoms with Gasteiger partial charge < -0.3 is 20.3 Å². The van der Waals surface area contributed by atoms with E-state index in [0.29, 0.717) is 18.5 Å². The van der Waals surface area contributed by atoms with Gasteiger partial charge >= 0.3 is 0 Å². The van der Waals surface area contributed by atoms with Crippen LogP contribution in [-0.2, 0) is 6.54 Å². The molecule has 2 aromatic rings. The Morgan fingerprint density at radius 1 is 1.36 bits per heavy atom. The van der Waals surface area contributed by atoms with Gasteiger partial charge in [-0.3, -0.25) is 4.99 Å². The van der Waals surface area contributed by atoms with Gasteiger partial charge in [0.2, 0.25) is 5.88 Å². The molecule has 2 N–H and O–H groups in total. The van der Waals surface area contributed by atoms with Crippen molar-refractivity contribution < 1.29 is 4.74 Å². The largest absolute Gasteiger partial charge is 0.481 e. The molecular weight excluding hydrogens is 334 g/mol. The van der Waals surface area contributed by atoms with Gasteiger partial charge in [0.15, 0.2) is 5.96 Å². The third-order valence-corrected chi connectivity index (χ3v) is 5.30. The van der Waals surface area contributed by atoms with Crippen LogP contribution in [0.1, 0.15) is 18.4 Å². The minimum Gasteiger partial charge on any atom is -0.481 e. The van der Waals surface area contributed by atoms with E-state index in [2.05, 4.69) is 43.0 Å². The highest BCUT2D eigenvalue weighted by atomic mass is 32.1. The molecule has 0 unspecified atom stereocenters. The summed E-state index contributed by atoms with van der Waals surface area (Å²) >= 11 is 1.81. The van der Waals surface area contributed by atoms with Gasteiger partial charge in [0.25, 0.3) is 0 Å². The second kappa shape index (κ2) is 8.71. The van der Waals surface area contributed by atoms with Crippen molar-refractivity contribution in [2.45, 2.75) is 25.4 Å². The predicted molar refractivity (Wildman–Crippen MR) is 104 cm³/mol. The summed E-state index contributed by atoms with van der Waals surface area (Å²) in [5.74, 6) is 1.47. The molecule has 1 aliphatic heterocycles. The van der Waals surface area contributed by atoms with Gasteiger partial charge in [-0.2, -0.15) is 0 Å². The van der Waals surface area contributed by atoms with Crippen LogP contribution in [0.5, 0.6) is 5.88 Å². The highest BCUT2D eigenvalue weighted by Gasteiger charge is 2.20. The summed E-state index contributed by atoms with van der Waals surface area (Å²) < 4.78 is 5.29. The molecule has 0 aromatic carbocycles. The van der Waals surface area contributed by atoms with Crippen LogP contribution in [0.3, 0.4) is 0 Å². The van der Waals surface area contributed by atoms with Gasteiger partial charge in [-0.15, -0.1) is 11.3 Å². The quantitative estimate of drug-likeness (QED) is 0.634. The zero-order valence-electron chi connectivity index (χ0n) is 14.7. The number of piperidine rings is 1. The van der Waals surface area contributed by atoms with Crippen molar-refractivity contribution in [1.82, 2.24) is 15.6 Å². The summed E-state index contributed by atoms with van der Waals surface area (Å²) in [4.78, 5) is 11.0. The van der Waals surface area contributed by atoms with Crippen molar-refractivity contribution in [3.05, 3.63) is 41.4 Å². The molecule has 0 aliphatic carbocycles. The summed E-state index contributed by atoms with van der Waals surface area (Å²) in [6.45, 7) is 2.78. The fourth-order valence-electron chi connectivity index (χ4n) is 3.00. The number of hydrogen-bond donors (Lipinski definition) is 2. The highest BCUT2D eigenvalue weighted by molar-refractivity contribution is 7.14. The second-order valence-corrected chi connectivity index (χ2v) is 6.88. The molecule has 1 fully saturated rings. The Balaban J connectivity index is 1.48. The summed E-state index contributed by atoms with van der Waals surface area (Å²) in [5.41, 5.74) is 1.01. The first-order chi connectivity index (χ1) is 12.3. The first kappa shape index (κ1) is 17.5. The minimum absolute atomic E-state index is 0.443. The number of aromatic nitrogens is 1. The number of hydrogen-bond acceptors (Lipinski definition) is 5. The van der Waals surface area contributed by atoms with Gasteiger partial charge in [-0.1, -0.05) is 6.07 Å². The van der Waals surface area contributed by atoms with E-state index >= 15 is 0 Å². The van der Waals surface area contributed by atoms with E-state index in [9.17, 15) is 0 Å². The molecule has 0 spiro atoms. The van der Waals surface area contributed by atoms with Crippen molar-refractivity contribution in [1.29, 1.82) is 0 Å². The van der Waals surface area contributed by atoms with Crippen LogP contribution in [0.2, 0.25) is 0 Å². The lowest BCUT2D eigenvalue weighted by Crippen LogP contribution is -2.48. The smallest absolute Gasteiger partial charge is 0.218 e. The molecule has 1 aliphatic rings. The van der Waals surface area contributed by atoms with Crippen molar-refractivity contribution in [2.75, 3.05) is 32.1 Å². The molecule has 1 saturated heterocycles. The van der Waals surface area contributed by atoms with Crippen LogP contribution in [-0.4, -0.2) is 44.2 Å². The van der Waals surface area contributed by atoms with Crippen molar-refractivity contribution in [3.8, 4) is 5.88 Å². The highest BCUT2D eigenvalue weighted by Crippen LogP contribution is 2.24. The second-order valence-electron chi connectivity index (χ2n) is 5.95. The summed E-state index contributed by atoms with van der Waals surface area (Å²) in [6.07, 6.45) is 3.94.